The van der Waals surface area contributed by atoms with Crippen molar-refractivity contribution in [2.75, 3.05) is 5.75 Å². The first kappa shape index (κ1) is 11.5. The van der Waals surface area contributed by atoms with Crippen LogP contribution in [0.1, 0.15) is 19.3 Å². The minimum atomic E-state index is -1.25. The van der Waals surface area contributed by atoms with E-state index < -0.39 is 17.4 Å². The molecule has 2 rings (SSSR count). The molecule has 1 N–H and O–H groups in total. The normalized spacial score (nSPS) is 20.8. The fourth-order valence-electron chi connectivity index (χ4n) is 1.56. The van der Waals surface area contributed by atoms with Crippen molar-refractivity contribution in [1.29, 1.82) is 0 Å². The first-order chi connectivity index (χ1) is 7.68. The molecule has 0 radical (unpaired) electrons. The van der Waals surface area contributed by atoms with Crippen LogP contribution in [0.3, 0.4) is 0 Å². The molecule has 0 spiro atoms. The van der Waals surface area contributed by atoms with Gasteiger partial charge in [-0.1, -0.05) is 0 Å². The Hall–Kier alpha value is -0.970. The monoisotopic (exact) mass is 246 g/mol. The van der Waals surface area contributed by atoms with Crippen molar-refractivity contribution in [1.82, 2.24) is 0 Å². The van der Waals surface area contributed by atoms with E-state index in [0.717, 1.165) is 31.1 Å². The quantitative estimate of drug-likeness (QED) is 0.868. The minimum absolute atomic E-state index is 0.118. The first-order valence-electron chi connectivity index (χ1n) is 5.13. The summed E-state index contributed by atoms with van der Waals surface area (Å²) in [6.07, 6.45) is 3.02. The van der Waals surface area contributed by atoms with Crippen molar-refractivity contribution in [3.05, 3.63) is 23.8 Å². The zero-order chi connectivity index (χ0) is 11.5. The molecule has 1 aromatic carbocycles. The Morgan fingerprint density at radius 2 is 2.06 bits per heavy atom. The molecule has 0 amide bonds. The van der Waals surface area contributed by atoms with E-state index in [2.05, 4.69) is 0 Å². The van der Waals surface area contributed by atoms with Gasteiger partial charge in [0.1, 0.15) is 5.44 Å². The molecule has 16 heavy (non-hydrogen) atoms. The Morgan fingerprint density at radius 3 is 2.75 bits per heavy atom. The van der Waals surface area contributed by atoms with Gasteiger partial charge in [0.05, 0.1) is 0 Å². The molecule has 2 nitrogen and oxygen atoms in total. The van der Waals surface area contributed by atoms with E-state index in [1.54, 1.807) is 11.8 Å². The standard InChI is InChI=1S/C11H12F2O2S/c12-10-7(14)4-5-8(11(10)13)15-9-3-1-2-6-16-9/h4-5,9,14H,1-3,6H2. The minimum Gasteiger partial charge on any atom is -0.505 e. The van der Waals surface area contributed by atoms with E-state index in [0.29, 0.717) is 0 Å². The number of phenolic OH excluding ortho intramolecular Hbond substituents is 1. The van der Waals surface area contributed by atoms with Gasteiger partial charge in [-0.2, -0.15) is 8.78 Å². The lowest BCUT2D eigenvalue weighted by Crippen LogP contribution is -2.17. The summed E-state index contributed by atoms with van der Waals surface area (Å²) in [6, 6.07) is 2.35. The molecule has 1 atom stereocenters. The first-order valence-corrected chi connectivity index (χ1v) is 6.18. The fourth-order valence-corrected chi connectivity index (χ4v) is 2.70. The summed E-state index contributed by atoms with van der Waals surface area (Å²) in [5, 5.41) is 8.95. The average molecular weight is 246 g/mol. The highest BCUT2D eigenvalue weighted by molar-refractivity contribution is 7.99. The number of benzene rings is 1. The van der Waals surface area contributed by atoms with Crippen LogP contribution < -0.4 is 4.74 Å². The predicted octanol–water partition coefficient (Wildman–Crippen LogP) is 3.29. The molecule has 0 aromatic heterocycles. The van der Waals surface area contributed by atoms with Crippen LogP contribution in [0.25, 0.3) is 0 Å². The largest absolute Gasteiger partial charge is 0.505 e. The fraction of sp³-hybridized carbons (Fsp3) is 0.455. The van der Waals surface area contributed by atoms with Gasteiger partial charge in [0, 0.05) is 0 Å². The Labute approximate surface area is 96.6 Å². The second kappa shape index (κ2) is 4.91. The SMILES string of the molecule is Oc1ccc(OC2CCCCS2)c(F)c1F. The topological polar surface area (TPSA) is 29.5 Å². The number of hydrogen-bond donors (Lipinski definition) is 1. The van der Waals surface area contributed by atoms with E-state index in [9.17, 15) is 8.78 Å². The molecule has 0 aliphatic carbocycles. The molecule has 1 fully saturated rings. The number of hydrogen-bond acceptors (Lipinski definition) is 3. The van der Waals surface area contributed by atoms with Crippen LogP contribution in [0.5, 0.6) is 11.5 Å². The van der Waals surface area contributed by atoms with E-state index in [-0.39, 0.29) is 11.2 Å². The van der Waals surface area contributed by atoms with Gasteiger partial charge in [-0.05, 0) is 37.1 Å². The number of thioether (sulfide) groups is 1. The Bertz CT molecular complexity index is 378. The van der Waals surface area contributed by atoms with Crippen LogP contribution in [0, 0.1) is 11.6 Å². The van der Waals surface area contributed by atoms with Gasteiger partial charge in [-0.3, -0.25) is 0 Å². The second-order valence-electron chi connectivity index (χ2n) is 3.62. The molecule has 1 aliphatic rings. The molecule has 1 heterocycles. The molecule has 88 valence electrons. The lowest BCUT2D eigenvalue weighted by molar-refractivity contribution is 0.250. The smallest absolute Gasteiger partial charge is 0.204 e. The number of ether oxygens (including phenoxy) is 1. The third-order valence-corrected chi connectivity index (χ3v) is 3.65. The Balaban J connectivity index is 2.11. The van der Waals surface area contributed by atoms with Crippen molar-refractivity contribution in [3.8, 4) is 11.5 Å². The number of halogens is 2. The molecule has 1 saturated heterocycles. The Kier molecular flexibility index (Phi) is 3.53. The van der Waals surface area contributed by atoms with Gasteiger partial charge >= 0.3 is 0 Å². The van der Waals surface area contributed by atoms with Gasteiger partial charge in [0.15, 0.2) is 11.5 Å². The third kappa shape index (κ3) is 2.40. The maximum atomic E-state index is 13.3. The van der Waals surface area contributed by atoms with Gasteiger partial charge in [-0.15, -0.1) is 11.8 Å². The molecule has 0 bridgehead atoms. The van der Waals surface area contributed by atoms with Crippen LogP contribution in [-0.2, 0) is 0 Å². The van der Waals surface area contributed by atoms with Crippen LogP contribution in [0.15, 0.2) is 12.1 Å². The predicted molar refractivity (Wildman–Crippen MR) is 58.7 cm³/mol. The van der Waals surface area contributed by atoms with Gasteiger partial charge < -0.3 is 9.84 Å². The number of phenols is 1. The lowest BCUT2D eigenvalue weighted by Gasteiger charge is -2.22. The Morgan fingerprint density at radius 1 is 1.25 bits per heavy atom. The van der Waals surface area contributed by atoms with Crippen molar-refractivity contribution >= 4 is 11.8 Å². The lowest BCUT2D eigenvalue weighted by atomic mass is 10.2. The zero-order valence-corrected chi connectivity index (χ0v) is 9.40. The highest BCUT2D eigenvalue weighted by Crippen LogP contribution is 2.32. The summed E-state index contributed by atoms with van der Waals surface area (Å²) < 4.78 is 31.7. The summed E-state index contributed by atoms with van der Waals surface area (Å²) >= 11 is 1.60. The van der Waals surface area contributed by atoms with Gasteiger partial charge in [0.2, 0.25) is 11.6 Å². The van der Waals surface area contributed by atoms with E-state index in [1.165, 1.54) is 6.07 Å². The van der Waals surface area contributed by atoms with Crippen LogP contribution in [-0.4, -0.2) is 16.3 Å². The van der Waals surface area contributed by atoms with Crippen LogP contribution in [0.4, 0.5) is 8.78 Å². The van der Waals surface area contributed by atoms with E-state index in [1.807, 2.05) is 0 Å². The third-order valence-electron chi connectivity index (χ3n) is 2.42. The zero-order valence-electron chi connectivity index (χ0n) is 8.58. The van der Waals surface area contributed by atoms with Crippen molar-refractivity contribution in [2.45, 2.75) is 24.7 Å². The maximum Gasteiger partial charge on any atom is 0.204 e. The highest BCUT2D eigenvalue weighted by atomic mass is 32.2. The molecule has 1 aliphatic heterocycles. The second-order valence-corrected chi connectivity index (χ2v) is 4.89. The van der Waals surface area contributed by atoms with Crippen LogP contribution in [0.2, 0.25) is 0 Å². The number of aromatic hydroxyl groups is 1. The molecular weight excluding hydrogens is 234 g/mol. The summed E-state index contributed by atoms with van der Waals surface area (Å²) in [4.78, 5) is 0. The van der Waals surface area contributed by atoms with Crippen molar-refractivity contribution in [2.24, 2.45) is 0 Å². The molecular formula is C11H12F2O2S. The van der Waals surface area contributed by atoms with Crippen molar-refractivity contribution in [3.63, 3.8) is 0 Å². The maximum absolute atomic E-state index is 13.3. The molecule has 0 saturated carbocycles. The molecule has 5 heteroatoms. The highest BCUT2D eigenvalue weighted by Gasteiger charge is 2.20. The number of rotatable bonds is 2. The van der Waals surface area contributed by atoms with Crippen LogP contribution >= 0.6 is 11.8 Å². The van der Waals surface area contributed by atoms with Gasteiger partial charge in [0.25, 0.3) is 0 Å². The van der Waals surface area contributed by atoms with E-state index >= 15 is 0 Å². The van der Waals surface area contributed by atoms with Crippen molar-refractivity contribution < 1.29 is 18.6 Å². The summed E-state index contributed by atoms with van der Waals surface area (Å²) in [5.41, 5.74) is -0.118. The van der Waals surface area contributed by atoms with Gasteiger partial charge in [-0.25, -0.2) is 0 Å². The average Bonchev–Trinajstić information content (AvgIpc) is 2.31. The summed E-state index contributed by atoms with van der Waals surface area (Å²) in [7, 11) is 0. The van der Waals surface area contributed by atoms with E-state index in [4.69, 9.17) is 9.84 Å². The molecule has 1 unspecified atom stereocenters. The summed E-state index contributed by atoms with van der Waals surface area (Å²) in [6.45, 7) is 0. The summed E-state index contributed by atoms with van der Waals surface area (Å²) in [5.74, 6) is -2.22. The molecule has 1 aromatic rings.